The van der Waals surface area contributed by atoms with Crippen LogP contribution in [0.1, 0.15) is 12.5 Å². The molecule has 92 valence electrons. The summed E-state index contributed by atoms with van der Waals surface area (Å²) in [6.45, 7) is 3.45. The van der Waals surface area contributed by atoms with Crippen molar-refractivity contribution < 1.29 is 19.1 Å². The Labute approximate surface area is 99.7 Å². The number of nitrogens with one attached hydrogen (secondary N) is 1. The molecule has 5 heteroatoms. The molecule has 0 heterocycles. The molecule has 0 aliphatic rings. The lowest BCUT2D eigenvalue weighted by Gasteiger charge is -2.11. The third-order valence-electron chi connectivity index (χ3n) is 2.12. The fourth-order valence-corrected chi connectivity index (χ4v) is 1.16. The number of methoxy groups -OCH3 is 1. The van der Waals surface area contributed by atoms with Crippen molar-refractivity contribution in [2.75, 3.05) is 7.11 Å². The number of esters is 1. The molecule has 0 aromatic heterocycles. The zero-order valence-corrected chi connectivity index (χ0v) is 10.0. The molecule has 1 rings (SSSR count). The van der Waals surface area contributed by atoms with Gasteiger partial charge in [-0.1, -0.05) is 17.7 Å². The Morgan fingerprint density at radius 2 is 1.82 bits per heavy atom. The SMILES string of the molecule is COC(=O)C(C)NC(=O)Oc1ccc(C)cc1. The first-order valence-electron chi connectivity index (χ1n) is 5.15. The summed E-state index contributed by atoms with van der Waals surface area (Å²) in [6.07, 6.45) is -0.688. The summed E-state index contributed by atoms with van der Waals surface area (Å²) in [5.74, 6) is -0.101. The van der Waals surface area contributed by atoms with Gasteiger partial charge in [-0.25, -0.2) is 9.59 Å². The van der Waals surface area contributed by atoms with E-state index >= 15 is 0 Å². The van der Waals surface area contributed by atoms with Crippen LogP contribution < -0.4 is 10.1 Å². The topological polar surface area (TPSA) is 64.6 Å². The van der Waals surface area contributed by atoms with Crippen molar-refractivity contribution in [1.29, 1.82) is 0 Å². The molecule has 5 nitrogen and oxygen atoms in total. The third-order valence-corrected chi connectivity index (χ3v) is 2.12. The summed E-state index contributed by atoms with van der Waals surface area (Å²) < 4.78 is 9.45. The van der Waals surface area contributed by atoms with Crippen molar-refractivity contribution in [1.82, 2.24) is 5.32 Å². The maximum Gasteiger partial charge on any atom is 0.413 e. The van der Waals surface area contributed by atoms with E-state index in [9.17, 15) is 9.59 Å². The van der Waals surface area contributed by atoms with E-state index in [2.05, 4.69) is 10.1 Å². The normalized spacial score (nSPS) is 11.5. The Bertz CT molecular complexity index is 399. The first-order valence-corrected chi connectivity index (χ1v) is 5.15. The van der Waals surface area contributed by atoms with E-state index in [1.165, 1.54) is 14.0 Å². The number of rotatable bonds is 3. The van der Waals surface area contributed by atoms with Gasteiger partial charge in [0.25, 0.3) is 0 Å². The van der Waals surface area contributed by atoms with E-state index in [1.807, 2.05) is 19.1 Å². The summed E-state index contributed by atoms with van der Waals surface area (Å²) in [7, 11) is 1.26. The maximum atomic E-state index is 11.4. The van der Waals surface area contributed by atoms with E-state index in [0.717, 1.165) is 5.56 Å². The fraction of sp³-hybridized carbons (Fsp3) is 0.333. The van der Waals surface area contributed by atoms with Crippen LogP contribution in [0.5, 0.6) is 5.75 Å². The highest BCUT2D eigenvalue weighted by Gasteiger charge is 2.16. The number of hydrogen-bond donors (Lipinski definition) is 1. The average molecular weight is 237 g/mol. The first kappa shape index (κ1) is 13.0. The molecule has 1 N–H and O–H groups in total. The second-order valence-electron chi connectivity index (χ2n) is 3.59. The van der Waals surface area contributed by atoms with Crippen molar-refractivity contribution in [3.05, 3.63) is 29.8 Å². The molecule has 0 saturated heterocycles. The van der Waals surface area contributed by atoms with E-state index in [0.29, 0.717) is 5.75 Å². The number of carbonyl (C=O) groups excluding carboxylic acids is 2. The van der Waals surface area contributed by atoms with Crippen molar-refractivity contribution >= 4 is 12.1 Å². The lowest BCUT2D eigenvalue weighted by atomic mass is 10.2. The molecule has 1 aromatic carbocycles. The Morgan fingerprint density at radius 3 is 2.35 bits per heavy atom. The molecule has 1 amide bonds. The van der Waals surface area contributed by atoms with Gasteiger partial charge in [-0.15, -0.1) is 0 Å². The van der Waals surface area contributed by atoms with Gasteiger partial charge >= 0.3 is 12.1 Å². The quantitative estimate of drug-likeness (QED) is 0.812. The maximum absolute atomic E-state index is 11.4. The van der Waals surface area contributed by atoms with Crippen molar-refractivity contribution in [3.8, 4) is 5.75 Å². The minimum Gasteiger partial charge on any atom is -0.467 e. The minimum absolute atomic E-state index is 0.421. The number of carbonyl (C=O) groups is 2. The van der Waals surface area contributed by atoms with Crippen LogP contribution in [0.15, 0.2) is 24.3 Å². The molecule has 0 fully saturated rings. The molecular weight excluding hydrogens is 222 g/mol. The minimum atomic E-state index is -0.738. The molecular formula is C12H15NO4. The molecule has 0 aliphatic carbocycles. The zero-order chi connectivity index (χ0) is 12.8. The summed E-state index contributed by atoms with van der Waals surface area (Å²) in [5, 5.41) is 2.36. The van der Waals surface area contributed by atoms with Gasteiger partial charge in [-0.3, -0.25) is 0 Å². The Kier molecular flexibility index (Phi) is 4.51. The standard InChI is InChI=1S/C12H15NO4/c1-8-4-6-10(7-5-8)17-12(15)13-9(2)11(14)16-3/h4-7,9H,1-3H3,(H,13,15). The van der Waals surface area contributed by atoms with Gasteiger partial charge in [0.1, 0.15) is 11.8 Å². The fourth-order valence-electron chi connectivity index (χ4n) is 1.16. The predicted octanol–water partition coefficient (Wildman–Crippen LogP) is 1.64. The van der Waals surface area contributed by atoms with Crippen LogP contribution in [0, 0.1) is 6.92 Å². The summed E-state index contributed by atoms with van der Waals surface area (Å²) >= 11 is 0. The van der Waals surface area contributed by atoms with E-state index in [-0.39, 0.29) is 0 Å². The smallest absolute Gasteiger partial charge is 0.413 e. The predicted molar refractivity (Wildman–Crippen MR) is 61.8 cm³/mol. The summed E-state index contributed by atoms with van der Waals surface area (Å²) in [6, 6.07) is 6.27. The van der Waals surface area contributed by atoms with Crippen LogP contribution in [-0.2, 0) is 9.53 Å². The van der Waals surface area contributed by atoms with Crippen molar-refractivity contribution in [3.63, 3.8) is 0 Å². The van der Waals surface area contributed by atoms with E-state index in [4.69, 9.17) is 4.74 Å². The van der Waals surface area contributed by atoms with Crippen molar-refractivity contribution in [2.45, 2.75) is 19.9 Å². The molecule has 1 aromatic rings. The third kappa shape index (κ3) is 4.14. The second-order valence-corrected chi connectivity index (χ2v) is 3.59. The van der Waals surface area contributed by atoms with Crippen molar-refractivity contribution in [2.24, 2.45) is 0 Å². The van der Waals surface area contributed by atoms with E-state index < -0.39 is 18.1 Å². The van der Waals surface area contributed by atoms with Gasteiger partial charge in [-0.2, -0.15) is 0 Å². The number of benzene rings is 1. The van der Waals surface area contributed by atoms with Crippen LogP contribution >= 0.6 is 0 Å². The van der Waals surface area contributed by atoms with E-state index in [1.54, 1.807) is 12.1 Å². The number of aryl methyl sites for hydroxylation is 1. The van der Waals surface area contributed by atoms with Gasteiger partial charge in [-0.05, 0) is 26.0 Å². The molecule has 1 unspecified atom stereocenters. The average Bonchev–Trinajstić information content (AvgIpc) is 2.30. The van der Waals surface area contributed by atoms with Crippen LogP contribution in [0.4, 0.5) is 4.79 Å². The second kappa shape index (κ2) is 5.89. The van der Waals surface area contributed by atoms with Gasteiger partial charge in [0, 0.05) is 0 Å². The molecule has 17 heavy (non-hydrogen) atoms. The zero-order valence-electron chi connectivity index (χ0n) is 10.0. The first-order chi connectivity index (χ1) is 8.02. The van der Waals surface area contributed by atoms with Gasteiger partial charge < -0.3 is 14.8 Å². The van der Waals surface area contributed by atoms with Crippen LogP contribution in [0.3, 0.4) is 0 Å². The van der Waals surface area contributed by atoms with Gasteiger partial charge in [0.15, 0.2) is 0 Å². The molecule has 1 atom stereocenters. The number of amides is 1. The highest BCUT2D eigenvalue weighted by Crippen LogP contribution is 2.11. The van der Waals surface area contributed by atoms with Crippen LogP contribution in [0.25, 0.3) is 0 Å². The summed E-state index contributed by atoms with van der Waals surface area (Å²) in [5.41, 5.74) is 1.07. The monoisotopic (exact) mass is 237 g/mol. The molecule has 0 aliphatic heterocycles. The number of ether oxygens (including phenoxy) is 2. The Morgan fingerprint density at radius 1 is 1.24 bits per heavy atom. The van der Waals surface area contributed by atoms with Crippen LogP contribution in [-0.4, -0.2) is 25.2 Å². The van der Waals surface area contributed by atoms with Crippen LogP contribution in [0.2, 0.25) is 0 Å². The number of hydrogen-bond acceptors (Lipinski definition) is 4. The Hall–Kier alpha value is -2.04. The largest absolute Gasteiger partial charge is 0.467 e. The van der Waals surface area contributed by atoms with Gasteiger partial charge in [0.2, 0.25) is 0 Å². The highest BCUT2D eigenvalue weighted by atomic mass is 16.6. The lowest BCUT2D eigenvalue weighted by molar-refractivity contribution is -0.142. The molecule has 0 radical (unpaired) electrons. The highest BCUT2D eigenvalue weighted by molar-refractivity contribution is 5.81. The Balaban J connectivity index is 2.50. The molecule has 0 bridgehead atoms. The molecule has 0 saturated carbocycles. The summed E-state index contributed by atoms with van der Waals surface area (Å²) in [4.78, 5) is 22.4. The van der Waals surface area contributed by atoms with Gasteiger partial charge in [0.05, 0.1) is 7.11 Å². The lowest BCUT2D eigenvalue weighted by Crippen LogP contribution is -2.40. The molecule has 0 spiro atoms.